The first kappa shape index (κ1) is 17.8. The molecule has 1 saturated heterocycles. The van der Waals surface area contributed by atoms with E-state index in [9.17, 15) is 13.2 Å². The molecule has 0 amide bonds. The van der Waals surface area contributed by atoms with Crippen LogP contribution in [-0.2, 0) is 10.0 Å². The number of anilines is 1. The summed E-state index contributed by atoms with van der Waals surface area (Å²) in [6.45, 7) is 4.46. The molecule has 0 saturated carbocycles. The fourth-order valence-electron chi connectivity index (χ4n) is 2.95. The number of ketones is 1. The van der Waals surface area contributed by atoms with Gasteiger partial charge in [0.1, 0.15) is 0 Å². The number of carbonyl (C=O) groups is 1. The number of nitrogens with zero attached hydrogens (tertiary/aromatic N) is 3. The van der Waals surface area contributed by atoms with Crippen LogP contribution in [0.3, 0.4) is 0 Å². The van der Waals surface area contributed by atoms with E-state index >= 15 is 0 Å². The van der Waals surface area contributed by atoms with Crippen molar-refractivity contribution in [2.24, 2.45) is 0 Å². The molecule has 23 heavy (non-hydrogen) atoms. The van der Waals surface area contributed by atoms with Crippen molar-refractivity contribution in [2.45, 2.75) is 45.6 Å². The molecular weight excluding hydrogens is 316 g/mol. The summed E-state index contributed by atoms with van der Waals surface area (Å²) in [5, 5.41) is 3.12. The molecule has 0 aromatic carbocycles. The fourth-order valence-corrected chi connectivity index (χ4v) is 4.16. The minimum Gasteiger partial charge on any atom is -0.354 e. The van der Waals surface area contributed by atoms with Crippen molar-refractivity contribution in [3.8, 4) is 0 Å². The van der Waals surface area contributed by atoms with Crippen molar-refractivity contribution in [1.82, 2.24) is 14.3 Å². The number of aromatic nitrogens is 2. The SMILES string of the molecule is CC(=O)c1cnc(NCC[C@H]2CCCCN2S(C)(=O)=O)nc1C. The van der Waals surface area contributed by atoms with Crippen LogP contribution in [0.4, 0.5) is 5.95 Å². The van der Waals surface area contributed by atoms with Crippen molar-refractivity contribution >= 4 is 21.8 Å². The zero-order valence-corrected chi connectivity index (χ0v) is 14.7. The van der Waals surface area contributed by atoms with Crippen LogP contribution in [0.1, 0.15) is 48.7 Å². The first-order valence-corrected chi connectivity index (χ1v) is 9.69. The molecule has 1 aromatic rings. The molecule has 2 rings (SSSR count). The molecule has 1 aromatic heterocycles. The normalized spacial score (nSPS) is 19.5. The maximum absolute atomic E-state index is 11.8. The van der Waals surface area contributed by atoms with Crippen LogP contribution in [0.25, 0.3) is 0 Å². The average molecular weight is 340 g/mol. The molecule has 2 heterocycles. The highest BCUT2D eigenvalue weighted by Gasteiger charge is 2.28. The third-order valence-corrected chi connectivity index (χ3v) is 5.45. The Labute approximate surface area is 137 Å². The van der Waals surface area contributed by atoms with E-state index in [1.807, 2.05) is 0 Å². The van der Waals surface area contributed by atoms with Gasteiger partial charge in [-0.15, -0.1) is 0 Å². The predicted molar refractivity (Wildman–Crippen MR) is 89.1 cm³/mol. The van der Waals surface area contributed by atoms with E-state index in [4.69, 9.17) is 0 Å². The van der Waals surface area contributed by atoms with Crippen molar-refractivity contribution in [1.29, 1.82) is 0 Å². The number of hydrogen-bond acceptors (Lipinski definition) is 6. The van der Waals surface area contributed by atoms with Crippen LogP contribution in [0.15, 0.2) is 6.20 Å². The van der Waals surface area contributed by atoms with Crippen molar-refractivity contribution < 1.29 is 13.2 Å². The molecule has 1 N–H and O–H groups in total. The van der Waals surface area contributed by atoms with E-state index in [0.717, 1.165) is 19.3 Å². The summed E-state index contributed by atoms with van der Waals surface area (Å²) < 4.78 is 25.2. The number of hydrogen-bond donors (Lipinski definition) is 1. The van der Waals surface area contributed by atoms with E-state index in [2.05, 4.69) is 15.3 Å². The van der Waals surface area contributed by atoms with E-state index < -0.39 is 10.0 Å². The number of rotatable bonds is 6. The molecule has 0 aliphatic carbocycles. The zero-order valence-electron chi connectivity index (χ0n) is 13.9. The molecule has 8 heteroatoms. The molecule has 1 aliphatic rings. The molecule has 1 atom stereocenters. The standard InChI is InChI=1S/C15H24N4O3S/c1-11-14(12(2)20)10-17-15(18-11)16-8-7-13-6-4-5-9-19(13)23(3,21)22/h10,13H,4-9H2,1-3H3,(H,16,17,18)/t13-/m1/s1. The Morgan fingerprint density at radius 1 is 1.43 bits per heavy atom. The monoisotopic (exact) mass is 340 g/mol. The highest BCUT2D eigenvalue weighted by Crippen LogP contribution is 2.22. The Hall–Kier alpha value is -1.54. The van der Waals surface area contributed by atoms with Gasteiger partial charge in [0.2, 0.25) is 16.0 Å². The second-order valence-electron chi connectivity index (χ2n) is 5.99. The number of nitrogens with one attached hydrogen (secondary N) is 1. The van der Waals surface area contributed by atoms with Crippen molar-refractivity contribution in [3.63, 3.8) is 0 Å². The minimum absolute atomic E-state index is 0.0313. The van der Waals surface area contributed by atoms with Gasteiger partial charge in [0.15, 0.2) is 5.78 Å². The van der Waals surface area contributed by atoms with Gasteiger partial charge >= 0.3 is 0 Å². The number of Topliss-reactive ketones (excluding diaryl/α,β-unsaturated/α-hetero) is 1. The van der Waals surface area contributed by atoms with Crippen molar-refractivity contribution in [3.05, 3.63) is 17.5 Å². The number of aryl methyl sites for hydroxylation is 1. The Kier molecular flexibility index (Phi) is 5.69. The van der Waals surface area contributed by atoms with E-state index in [1.54, 1.807) is 11.2 Å². The second kappa shape index (κ2) is 7.35. The first-order valence-electron chi connectivity index (χ1n) is 7.84. The summed E-state index contributed by atoms with van der Waals surface area (Å²) >= 11 is 0. The highest BCUT2D eigenvalue weighted by atomic mass is 32.2. The quantitative estimate of drug-likeness (QED) is 0.791. The van der Waals surface area contributed by atoms with Gasteiger partial charge in [-0.1, -0.05) is 6.42 Å². The molecule has 0 radical (unpaired) electrons. The summed E-state index contributed by atoms with van der Waals surface area (Å²) in [6, 6.07) is 0.0313. The molecular formula is C15H24N4O3S. The van der Waals surface area contributed by atoms with Crippen LogP contribution >= 0.6 is 0 Å². The maximum atomic E-state index is 11.8. The topological polar surface area (TPSA) is 92.3 Å². The van der Waals surface area contributed by atoms with Gasteiger partial charge in [-0.05, 0) is 33.1 Å². The molecule has 1 fully saturated rings. The van der Waals surface area contributed by atoms with Gasteiger partial charge in [-0.25, -0.2) is 18.4 Å². The summed E-state index contributed by atoms with van der Waals surface area (Å²) in [4.78, 5) is 19.8. The Morgan fingerprint density at radius 3 is 2.78 bits per heavy atom. The Bertz CT molecular complexity index is 675. The Morgan fingerprint density at radius 2 is 2.17 bits per heavy atom. The summed E-state index contributed by atoms with van der Waals surface area (Å²) in [5.74, 6) is 0.411. The van der Waals surface area contributed by atoms with E-state index in [-0.39, 0.29) is 11.8 Å². The smallest absolute Gasteiger partial charge is 0.222 e. The van der Waals surface area contributed by atoms with E-state index in [1.165, 1.54) is 19.4 Å². The van der Waals surface area contributed by atoms with Gasteiger partial charge in [0.05, 0.1) is 17.5 Å². The molecule has 0 spiro atoms. The van der Waals surface area contributed by atoms with Crippen LogP contribution in [0, 0.1) is 6.92 Å². The van der Waals surface area contributed by atoms with Gasteiger partial charge in [-0.2, -0.15) is 4.31 Å². The third kappa shape index (κ3) is 4.71. The summed E-state index contributed by atoms with van der Waals surface area (Å²) in [6.07, 6.45) is 6.37. The lowest BCUT2D eigenvalue weighted by Gasteiger charge is -2.33. The van der Waals surface area contributed by atoms with E-state index in [0.29, 0.717) is 36.7 Å². The number of piperidine rings is 1. The predicted octanol–water partition coefficient (Wildman–Crippen LogP) is 1.60. The van der Waals surface area contributed by atoms with Crippen LogP contribution in [-0.4, -0.2) is 53.9 Å². The average Bonchev–Trinajstić information content (AvgIpc) is 2.46. The molecule has 128 valence electrons. The van der Waals surface area contributed by atoms with Gasteiger partial charge in [0, 0.05) is 25.3 Å². The highest BCUT2D eigenvalue weighted by molar-refractivity contribution is 7.88. The maximum Gasteiger partial charge on any atom is 0.222 e. The number of sulfonamides is 1. The zero-order chi connectivity index (χ0) is 17.0. The van der Waals surface area contributed by atoms with Crippen LogP contribution in [0.2, 0.25) is 0 Å². The summed E-state index contributed by atoms with van der Waals surface area (Å²) in [5.41, 5.74) is 1.16. The lowest BCUT2D eigenvalue weighted by atomic mass is 10.0. The number of carbonyl (C=O) groups excluding carboxylic acids is 1. The minimum atomic E-state index is -3.16. The lowest BCUT2D eigenvalue weighted by molar-refractivity contribution is 0.101. The summed E-state index contributed by atoms with van der Waals surface area (Å²) in [7, 11) is -3.16. The third-order valence-electron chi connectivity index (χ3n) is 4.12. The largest absolute Gasteiger partial charge is 0.354 e. The van der Waals surface area contributed by atoms with Gasteiger partial charge in [0.25, 0.3) is 0 Å². The Balaban J connectivity index is 1.93. The molecule has 7 nitrogen and oxygen atoms in total. The second-order valence-corrected chi connectivity index (χ2v) is 7.92. The van der Waals surface area contributed by atoms with Crippen LogP contribution < -0.4 is 5.32 Å². The van der Waals surface area contributed by atoms with Gasteiger partial charge in [-0.3, -0.25) is 4.79 Å². The fraction of sp³-hybridized carbons (Fsp3) is 0.667. The van der Waals surface area contributed by atoms with Crippen molar-refractivity contribution in [2.75, 3.05) is 24.7 Å². The lowest BCUT2D eigenvalue weighted by Crippen LogP contribution is -2.43. The van der Waals surface area contributed by atoms with Crippen LogP contribution in [0.5, 0.6) is 0 Å². The molecule has 1 aliphatic heterocycles. The first-order chi connectivity index (χ1) is 10.8. The molecule has 0 unspecified atom stereocenters. The molecule has 0 bridgehead atoms. The van der Waals surface area contributed by atoms with Gasteiger partial charge < -0.3 is 5.32 Å².